The highest BCUT2D eigenvalue weighted by molar-refractivity contribution is 5.79. The number of hydrogen-bond acceptors (Lipinski definition) is 4. The van der Waals surface area contributed by atoms with Gasteiger partial charge in [0.15, 0.2) is 0 Å². The predicted octanol–water partition coefficient (Wildman–Crippen LogP) is 2.22. The minimum Gasteiger partial charge on any atom is -0.351 e. The number of hydrogen-bond donors (Lipinski definition) is 2. The Morgan fingerprint density at radius 1 is 1.38 bits per heavy atom. The van der Waals surface area contributed by atoms with E-state index in [4.69, 9.17) is 5.73 Å². The second-order valence-corrected chi connectivity index (χ2v) is 6.30. The molecule has 1 unspecified atom stereocenters. The van der Waals surface area contributed by atoms with Crippen molar-refractivity contribution in [2.45, 2.75) is 33.7 Å². The second-order valence-electron chi connectivity index (χ2n) is 6.30. The molecule has 0 radical (unpaired) electrons. The fraction of sp³-hybridized carbons (Fsp3) is 0.533. The zero-order chi connectivity index (χ0) is 16.0. The van der Waals surface area contributed by atoms with Gasteiger partial charge in [-0.25, -0.2) is 0 Å². The van der Waals surface area contributed by atoms with E-state index in [0.717, 1.165) is 0 Å². The van der Waals surface area contributed by atoms with Crippen LogP contribution in [-0.2, 0) is 11.3 Å². The van der Waals surface area contributed by atoms with Crippen LogP contribution < -0.4 is 11.1 Å². The number of nitro groups is 1. The molecule has 6 heteroatoms. The van der Waals surface area contributed by atoms with E-state index < -0.39 is 4.92 Å². The second kappa shape index (κ2) is 7.17. The number of benzene rings is 1. The van der Waals surface area contributed by atoms with Crippen molar-refractivity contribution in [3.63, 3.8) is 0 Å². The summed E-state index contributed by atoms with van der Waals surface area (Å²) in [6, 6.07) is 6.38. The van der Waals surface area contributed by atoms with Gasteiger partial charge in [-0.2, -0.15) is 0 Å². The molecule has 6 nitrogen and oxygen atoms in total. The molecule has 1 aromatic rings. The summed E-state index contributed by atoms with van der Waals surface area (Å²) in [6.07, 6.45) is 0.673. The SMILES string of the molecule is CC(C)(C)CC(CN)C(=O)NCc1ccccc1[N+](=O)[O-]. The molecule has 0 aromatic heterocycles. The zero-order valence-corrected chi connectivity index (χ0v) is 12.8. The van der Waals surface area contributed by atoms with Gasteiger partial charge in [-0.05, 0) is 11.8 Å². The highest BCUT2D eigenvalue weighted by atomic mass is 16.6. The van der Waals surface area contributed by atoms with Crippen LogP contribution in [0, 0.1) is 21.4 Å². The highest BCUT2D eigenvalue weighted by Gasteiger charge is 2.24. The topological polar surface area (TPSA) is 98.3 Å². The lowest BCUT2D eigenvalue weighted by atomic mass is 9.84. The molecular formula is C15H23N3O3. The van der Waals surface area contributed by atoms with Gasteiger partial charge >= 0.3 is 0 Å². The minimum absolute atomic E-state index is 0.000119. The van der Waals surface area contributed by atoms with Crippen LogP contribution in [0.3, 0.4) is 0 Å². The average molecular weight is 293 g/mol. The fourth-order valence-electron chi connectivity index (χ4n) is 2.19. The van der Waals surface area contributed by atoms with Crippen molar-refractivity contribution < 1.29 is 9.72 Å². The van der Waals surface area contributed by atoms with E-state index in [2.05, 4.69) is 5.32 Å². The van der Waals surface area contributed by atoms with Crippen molar-refractivity contribution in [2.24, 2.45) is 17.1 Å². The first-order valence-electron chi connectivity index (χ1n) is 6.94. The van der Waals surface area contributed by atoms with Gasteiger partial charge in [0.2, 0.25) is 5.91 Å². The number of para-hydroxylation sites is 1. The summed E-state index contributed by atoms with van der Waals surface area (Å²) in [6.45, 7) is 6.54. The quantitative estimate of drug-likeness (QED) is 0.620. The Balaban J connectivity index is 2.70. The van der Waals surface area contributed by atoms with Crippen molar-refractivity contribution in [3.05, 3.63) is 39.9 Å². The molecule has 0 saturated heterocycles. The molecule has 0 spiro atoms. The molecule has 21 heavy (non-hydrogen) atoms. The lowest BCUT2D eigenvalue weighted by Crippen LogP contribution is -2.36. The number of nitrogens with two attached hydrogens (primary N) is 1. The summed E-state index contributed by atoms with van der Waals surface area (Å²) in [5.74, 6) is -0.446. The van der Waals surface area contributed by atoms with E-state index in [1.807, 2.05) is 20.8 Å². The van der Waals surface area contributed by atoms with E-state index in [-0.39, 0.29) is 36.0 Å². The first-order valence-corrected chi connectivity index (χ1v) is 6.94. The first kappa shape index (κ1) is 17.1. The lowest BCUT2D eigenvalue weighted by molar-refractivity contribution is -0.385. The Kier molecular flexibility index (Phi) is 5.84. The number of amides is 1. The van der Waals surface area contributed by atoms with Crippen LogP contribution in [0.1, 0.15) is 32.8 Å². The van der Waals surface area contributed by atoms with Crippen LogP contribution in [0.25, 0.3) is 0 Å². The number of nitrogens with zero attached hydrogens (tertiary/aromatic N) is 1. The van der Waals surface area contributed by atoms with E-state index >= 15 is 0 Å². The summed E-state index contributed by atoms with van der Waals surface area (Å²) in [5.41, 5.74) is 6.16. The summed E-state index contributed by atoms with van der Waals surface area (Å²) in [4.78, 5) is 22.6. The molecule has 0 heterocycles. The summed E-state index contributed by atoms with van der Waals surface area (Å²) in [7, 11) is 0. The average Bonchev–Trinajstić information content (AvgIpc) is 2.41. The molecule has 1 rings (SSSR count). The third kappa shape index (κ3) is 5.51. The number of carbonyl (C=O) groups excluding carboxylic acids is 1. The van der Waals surface area contributed by atoms with Crippen LogP contribution in [-0.4, -0.2) is 17.4 Å². The first-order chi connectivity index (χ1) is 9.74. The normalized spacial score (nSPS) is 12.8. The van der Waals surface area contributed by atoms with E-state index in [0.29, 0.717) is 12.0 Å². The minimum atomic E-state index is -0.447. The number of rotatable bonds is 6. The summed E-state index contributed by atoms with van der Waals surface area (Å²) in [5, 5.41) is 13.7. The standard InChI is InChI=1S/C15H23N3O3/c1-15(2,3)8-12(9-16)14(19)17-10-11-6-4-5-7-13(11)18(20)21/h4-7,12H,8-10,16H2,1-3H3,(H,17,19). The molecule has 3 N–H and O–H groups in total. The Morgan fingerprint density at radius 3 is 2.52 bits per heavy atom. The molecule has 0 aliphatic carbocycles. The van der Waals surface area contributed by atoms with Crippen molar-refractivity contribution in [3.8, 4) is 0 Å². The largest absolute Gasteiger partial charge is 0.351 e. The molecule has 0 saturated carbocycles. The molecule has 1 atom stereocenters. The third-order valence-corrected chi connectivity index (χ3v) is 3.16. The monoisotopic (exact) mass is 293 g/mol. The maximum absolute atomic E-state index is 12.1. The van der Waals surface area contributed by atoms with Gasteiger partial charge < -0.3 is 11.1 Å². The molecule has 116 valence electrons. The fourth-order valence-corrected chi connectivity index (χ4v) is 2.19. The Labute approximate surface area is 124 Å². The van der Waals surface area contributed by atoms with Crippen LogP contribution >= 0.6 is 0 Å². The smallest absolute Gasteiger partial charge is 0.274 e. The third-order valence-electron chi connectivity index (χ3n) is 3.16. The van der Waals surface area contributed by atoms with E-state index in [1.165, 1.54) is 6.07 Å². The van der Waals surface area contributed by atoms with Crippen LogP contribution in [0.4, 0.5) is 5.69 Å². The molecule has 0 aliphatic heterocycles. The Hall–Kier alpha value is -1.95. The van der Waals surface area contributed by atoms with Gasteiger partial charge in [0.25, 0.3) is 5.69 Å². The molecule has 0 fully saturated rings. The Morgan fingerprint density at radius 2 is 2.00 bits per heavy atom. The van der Waals surface area contributed by atoms with Gasteiger partial charge in [-0.15, -0.1) is 0 Å². The van der Waals surface area contributed by atoms with E-state index in [9.17, 15) is 14.9 Å². The Bertz CT molecular complexity index is 509. The summed E-state index contributed by atoms with van der Waals surface area (Å²) < 4.78 is 0. The number of carbonyl (C=O) groups is 1. The van der Waals surface area contributed by atoms with Gasteiger partial charge in [-0.1, -0.05) is 39.0 Å². The van der Waals surface area contributed by atoms with Gasteiger partial charge in [0, 0.05) is 24.7 Å². The number of nitrogens with one attached hydrogen (secondary N) is 1. The molecule has 0 aliphatic rings. The van der Waals surface area contributed by atoms with E-state index in [1.54, 1.807) is 18.2 Å². The van der Waals surface area contributed by atoms with Crippen molar-refractivity contribution in [2.75, 3.05) is 6.54 Å². The van der Waals surface area contributed by atoms with Gasteiger partial charge in [-0.3, -0.25) is 14.9 Å². The maximum atomic E-state index is 12.1. The molecule has 0 bridgehead atoms. The van der Waals surface area contributed by atoms with Crippen molar-refractivity contribution in [1.82, 2.24) is 5.32 Å². The summed E-state index contributed by atoms with van der Waals surface area (Å²) >= 11 is 0. The van der Waals surface area contributed by atoms with Crippen LogP contribution in [0.2, 0.25) is 0 Å². The molecule has 1 aromatic carbocycles. The van der Waals surface area contributed by atoms with Gasteiger partial charge in [0.1, 0.15) is 0 Å². The molecular weight excluding hydrogens is 270 g/mol. The van der Waals surface area contributed by atoms with Crippen LogP contribution in [0.15, 0.2) is 24.3 Å². The van der Waals surface area contributed by atoms with Crippen LogP contribution in [0.5, 0.6) is 0 Å². The zero-order valence-electron chi connectivity index (χ0n) is 12.8. The van der Waals surface area contributed by atoms with Crippen molar-refractivity contribution in [1.29, 1.82) is 0 Å². The van der Waals surface area contributed by atoms with Gasteiger partial charge in [0.05, 0.1) is 10.8 Å². The highest BCUT2D eigenvalue weighted by Crippen LogP contribution is 2.24. The molecule has 1 amide bonds. The predicted molar refractivity (Wildman–Crippen MR) is 81.6 cm³/mol. The van der Waals surface area contributed by atoms with Crippen molar-refractivity contribution >= 4 is 11.6 Å². The number of nitro benzene ring substituents is 1. The lowest BCUT2D eigenvalue weighted by Gasteiger charge is -2.24. The maximum Gasteiger partial charge on any atom is 0.274 e.